The first-order chi connectivity index (χ1) is 11.2. The Balaban J connectivity index is 2.50. The average Bonchev–Trinajstić information content (AvgIpc) is 2.49. The Kier molecular flexibility index (Phi) is 8.77. The number of rotatable bonds is 10. The quantitative estimate of drug-likeness (QED) is 0.235. The fourth-order valence-corrected chi connectivity index (χ4v) is 3.99. The van der Waals surface area contributed by atoms with Crippen molar-refractivity contribution in [2.24, 2.45) is 11.3 Å². The summed E-state index contributed by atoms with van der Waals surface area (Å²) >= 11 is 0. The molecule has 1 rings (SSSR count). The molecular formula is C23H44N+. The van der Waals surface area contributed by atoms with Crippen molar-refractivity contribution in [3.63, 3.8) is 0 Å². The highest BCUT2D eigenvalue weighted by Crippen LogP contribution is 2.41. The van der Waals surface area contributed by atoms with E-state index in [-0.39, 0.29) is 0 Å². The van der Waals surface area contributed by atoms with E-state index in [1.807, 2.05) is 0 Å². The van der Waals surface area contributed by atoms with Gasteiger partial charge in [0.2, 0.25) is 0 Å². The Bertz CT molecular complexity index is 414. The Morgan fingerprint density at radius 1 is 1.17 bits per heavy atom. The lowest BCUT2D eigenvalue weighted by Crippen LogP contribution is -2.47. The smallest absolute Gasteiger partial charge is 0.104 e. The van der Waals surface area contributed by atoms with Crippen LogP contribution in [0.2, 0.25) is 0 Å². The lowest BCUT2D eigenvalue weighted by Gasteiger charge is -2.38. The molecule has 140 valence electrons. The van der Waals surface area contributed by atoms with E-state index in [0.29, 0.717) is 17.4 Å². The summed E-state index contributed by atoms with van der Waals surface area (Å²) < 4.78 is 1.11. The monoisotopic (exact) mass is 334 g/mol. The summed E-state index contributed by atoms with van der Waals surface area (Å²) in [4.78, 5) is 0. The average molecular weight is 335 g/mol. The van der Waals surface area contributed by atoms with E-state index >= 15 is 0 Å². The standard InChI is InChI=1S/C23H44N/c1-8-9-10-11-12-13-19-24(6,7)21(3)16-17-22-20(2)15-14-18-23(22,4)5/h15-17,21-22H,8-14,18-19H2,1-7H3/q+1/b17-16+. The van der Waals surface area contributed by atoms with Crippen LogP contribution in [0.25, 0.3) is 0 Å². The third kappa shape index (κ3) is 6.75. The van der Waals surface area contributed by atoms with Gasteiger partial charge in [-0.1, -0.05) is 64.2 Å². The number of allylic oxidation sites excluding steroid dienone is 3. The molecule has 0 heterocycles. The topological polar surface area (TPSA) is 0 Å². The van der Waals surface area contributed by atoms with Gasteiger partial charge in [0, 0.05) is 5.92 Å². The summed E-state index contributed by atoms with van der Waals surface area (Å²) in [6, 6.07) is 0.589. The van der Waals surface area contributed by atoms with Crippen LogP contribution in [0.5, 0.6) is 0 Å². The molecule has 0 spiro atoms. The lowest BCUT2D eigenvalue weighted by atomic mass is 9.68. The lowest BCUT2D eigenvalue weighted by molar-refractivity contribution is -0.906. The predicted molar refractivity (Wildman–Crippen MR) is 109 cm³/mol. The van der Waals surface area contributed by atoms with Gasteiger partial charge in [-0.2, -0.15) is 0 Å². The Hall–Kier alpha value is -0.560. The van der Waals surface area contributed by atoms with Crippen molar-refractivity contribution in [1.29, 1.82) is 0 Å². The number of likely N-dealkylation sites (N-methyl/N-ethyl adjacent to an activating group) is 1. The highest BCUT2D eigenvalue weighted by Gasteiger charge is 2.31. The van der Waals surface area contributed by atoms with Gasteiger partial charge in [-0.3, -0.25) is 0 Å². The maximum atomic E-state index is 2.51. The van der Waals surface area contributed by atoms with Crippen molar-refractivity contribution >= 4 is 0 Å². The first-order valence-corrected chi connectivity index (χ1v) is 10.4. The van der Waals surface area contributed by atoms with Crippen molar-refractivity contribution in [1.82, 2.24) is 0 Å². The molecule has 0 radical (unpaired) electrons. The van der Waals surface area contributed by atoms with Gasteiger partial charge in [-0.15, -0.1) is 0 Å². The first kappa shape index (κ1) is 21.5. The highest BCUT2D eigenvalue weighted by atomic mass is 15.3. The van der Waals surface area contributed by atoms with Gasteiger partial charge in [0.15, 0.2) is 0 Å². The molecule has 0 N–H and O–H groups in total. The molecule has 0 aromatic rings. The van der Waals surface area contributed by atoms with E-state index in [9.17, 15) is 0 Å². The molecule has 0 bridgehead atoms. The molecule has 1 nitrogen and oxygen atoms in total. The molecule has 1 aliphatic rings. The predicted octanol–water partition coefficient (Wildman–Crippen LogP) is 6.75. The van der Waals surface area contributed by atoms with E-state index in [1.54, 1.807) is 5.57 Å². The third-order valence-corrected chi connectivity index (χ3v) is 6.36. The zero-order chi connectivity index (χ0) is 18.2. The van der Waals surface area contributed by atoms with Crippen molar-refractivity contribution in [2.45, 2.75) is 92.0 Å². The number of hydrogen-bond donors (Lipinski definition) is 0. The summed E-state index contributed by atoms with van der Waals surface area (Å²) in [5, 5.41) is 0. The zero-order valence-corrected chi connectivity index (χ0v) is 17.7. The normalized spacial score (nSPS) is 22.6. The van der Waals surface area contributed by atoms with Crippen LogP contribution in [-0.2, 0) is 0 Å². The second-order valence-corrected chi connectivity index (χ2v) is 9.35. The van der Waals surface area contributed by atoms with Crippen LogP contribution in [0.3, 0.4) is 0 Å². The van der Waals surface area contributed by atoms with Crippen molar-refractivity contribution < 1.29 is 4.48 Å². The largest absolute Gasteiger partial charge is 0.323 e. The fourth-order valence-electron chi connectivity index (χ4n) is 3.99. The number of nitrogens with zero attached hydrogens (tertiary/aromatic N) is 1. The third-order valence-electron chi connectivity index (χ3n) is 6.36. The summed E-state index contributed by atoms with van der Waals surface area (Å²) in [5.74, 6) is 0.614. The molecule has 0 fully saturated rings. The van der Waals surface area contributed by atoms with Gasteiger partial charge in [0.05, 0.1) is 20.6 Å². The molecule has 0 amide bonds. The molecule has 0 aromatic carbocycles. The van der Waals surface area contributed by atoms with E-state index in [2.05, 4.69) is 66.9 Å². The molecule has 1 heteroatoms. The van der Waals surface area contributed by atoms with Crippen LogP contribution in [0, 0.1) is 11.3 Å². The second kappa shape index (κ2) is 9.80. The molecule has 2 unspecified atom stereocenters. The minimum Gasteiger partial charge on any atom is -0.323 e. The Morgan fingerprint density at radius 3 is 2.42 bits per heavy atom. The van der Waals surface area contributed by atoms with Gasteiger partial charge < -0.3 is 4.48 Å². The van der Waals surface area contributed by atoms with Crippen molar-refractivity contribution in [3.05, 3.63) is 23.8 Å². The van der Waals surface area contributed by atoms with Crippen LogP contribution < -0.4 is 0 Å². The summed E-state index contributed by atoms with van der Waals surface area (Å²) in [6.45, 7) is 13.2. The summed E-state index contributed by atoms with van der Waals surface area (Å²) in [6.07, 6.45) is 18.3. The summed E-state index contributed by atoms with van der Waals surface area (Å²) in [7, 11) is 4.80. The van der Waals surface area contributed by atoms with Crippen LogP contribution >= 0.6 is 0 Å². The minimum absolute atomic E-state index is 0.408. The van der Waals surface area contributed by atoms with Gasteiger partial charge in [-0.25, -0.2) is 0 Å². The highest BCUT2D eigenvalue weighted by molar-refractivity contribution is 5.19. The van der Waals surface area contributed by atoms with Crippen LogP contribution in [0.1, 0.15) is 86.0 Å². The first-order valence-electron chi connectivity index (χ1n) is 10.4. The van der Waals surface area contributed by atoms with Gasteiger partial charge in [-0.05, 0) is 51.0 Å². The number of quaternary nitrogens is 1. The number of hydrogen-bond acceptors (Lipinski definition) is 0. The minimum atomic E-state index is 0.408. The van der Waals surface area contributed by atoms with Gasteiger partial charge in [0.25, 0.3) is 0 Å². The van der Waals surface area contributed by atoms with Crippen LogP contribution in [-0.4, -0.2) is 31.2 Å². The van der Waals surface area contributed by atoms with E-state index in [1.165, 1.54) is 57.9 Å². The molecule has 0 saturated heterocycles. The van der Waals surface area contributed by atoms with Gasteiger partial charge in [0.1, 0.15) is 6.04 Å². The SMILES string of the molecule is CCCCCCCC[N+](C)(C)C(C)/C=C/C1C(C)=CCCC1(C)C. The van der Waals surface area contributed by atoms with E-state index < -0.39 is 0 Å². The van der Waals surface area contributed by atoms with E-state index in [4.69, 9.17) is 0 Å². The van der Waals surface area contributed by atoms with Crippen molar-refractivity contribution in [3.8, 4) is 0 Å². The van der Waals surface area contributed by atoms with Gasteiger partial charge >= 0.3 is 0 Å². The fraction of sp³-hybridized carbons (Fsp3) is 0.826. The molecular weight excluding hydrogens is 290 g/mol. The zero-order valence-electron chi connectivity index (χ0n) is 17.7. The maximum Gasteiger partial charge on any atom is 0.104 e. The molecule has 0 aliphatic heterocycles. The molecule has 1 aliphatic carbocycles. The molecule has 24 heavy (non-hydrogen) atoms. The van der Waals surface area contributed by atoms with Crippen molar-refractivity contribution in [2.75, 3.05) is 20.6 Å². The second-order valence-electron chi connectivity index (χ2n) is 9.35. The maximum absolute atomic E-state index is 2.51. The molecule has 2 atom stereocenters. The van der Waals surface area contributed by atoms with Crippen LogP contribution in [0.15, 0.2) is 23.8 Å². The van der Waals surface area contributed by atoms with E-state index in [0.717, 1.165) is 4.48 Å². The molecule has 0 saturated carbocycles. The molecule has 0 aromatic heterocycles. The number of unbranched alkanes of at least 4 members (excludes halogenated alkanes) is 5. The Labute approximate surface area is 152 Å². The van der Waals surface area contributed by atoms with Crippen LogP contribution in [0.4, 0.5) is 0 Å². The Morgan fingerprint density at radius 2 is 1.79 bits per heavy atom. The summed E-state index contributed by atoms with van der Waals surface area (Å²) in [5.41, 5.74) is 1.97.